The van der Waals surface area contributed by atoms with Gasteiger partial charge in [0, 0.05) is 0 Å². The zero-order valence-electron chi connectivity index (χ0n) is 9.74. The third-order valence-corrected chi connectivity index (χ3v) is 2.39. The fourth-order valence-corrected chi connectivity index (χ4v) is 1.46. The first-order chi connectivity index (χ1) is 9.06. The first-order valence-corrected chi connectivity index (χ1v) is 5.41. The number of phenols is 1. The maximum atomic E-state index is 11.8. The zero-order chi connectivity index (χ0) is 13.8. The minimum atomic E-state index is -1.09. The average molecular weight is 258 g/mol. The summed E-state index contributed by atoms with van der Waals surface area (Å²) >= 11 is 0. The van der Waals surface area contributed by atoms with Crippen molar-refractivity contribution in [3.05, 3.63) is 59.7 Å². The minimum absolute atomic E-state index is 0.0380. The summed E-state index contributed by atoms with van der Waals surface area (Å²) in [5.41, 5.74) is 0.300. The molecule has 5 heteroatoms. The van der Waals surface area contributed by atoms with Crippen LogP contribution < -0.4 is 4.74 Å². The quantitative estimate of drug-likeness (QED) is 0.652. The average Bonchev–Trinajstić information content (AvgIpc) is 2.39. The van der Waals surface area contributed by atoms with E-state index in [1.807, 2.05) is 0 Å². The van der Waals surface area contributed by atoms with E-state index in [4.69, 9.17) is 14.9 Å². The van der Waals surface area contributed by atoms with Gasteiger partial charge in [0.1, 0.15) is 11.5 Å². The molecule has 0 bridgehead atoms. The van der Waals surface area contributed by atoms with Crippen LogP contribution in [0.25, 0.3) is 0 Å². The zero-order valence-corrected chi connectivity index (χ0v) is 9.74. The number of rotatable bonds is 3. The molecular formula is C14H10O5. The molecule has 96 valence electrons. The van der Waals surface area contributed by atoms with Crippen molar-refractivity contribution in [3.8, 4) is 11.5 Å². The van der Waals surface area contributed by atoms with Gasteiger partial charge in [0.15, 0.2) is 0 Å². The number of aromatic hydroxyl groups is 1. The van der Waals surface area contributed by atoms with Gasteiger partial charge in [0.2, 0.25) is 0 Å². The van der Waals surface area contributed by atoms with Crippen LogP contribution in [0.1, 0.15) is 20.7 Å². The molecule has 2 aromatic carbocycles. The number of carbonyl (C=O) groups excluding carboxylic acids is 1. The molecule has 0 heterocycles. The van der Waals surface area contributed by atoms with Crippen LogP contribution in [-0.2, 0) is 0 Å². The highest BCUT2D eigenvalue weighted by Crippen LogP contribution is 2.16. The van der Waals surface area contributed by atoms with Gasteiger partial charge in [-0.1, -0.05) is 6.07 Å². The Hall–Kier alpha value is -2.82. The van der Waals surface area contributed by atoms with E-state index in [0.29, 0.717) is 0 Å². The van der Waals surface area contributed by atoms with Crippen LogP contribution in [0.15, 0.2) is 48.5 Å². The number of carboxylic acids is 1. The Balaban J connectivity index is 2.17. The second kappa shape index (κ2) is 5.22. The molecule has 0 fully saturated rings. The number of carboxylic acid groups (broad SMARTS) is 1. The van der Waals surface area contributed by atoms with Gasteiger partial charge in [-0.15, -0.1) is 0 Å². The molecule has 0 saturated heterocycles. The summed E-state index contributed by atoms with van der Waals surface area (Å²) in [7, 11) is 0. The summed E-state index contributed by atoms with van der Waals surface area (Å²) in [5.74, 6) is -1.52. The lowest BCUT2D eigenvalue weighted by Crippen LogP contribution is -2.08. The van der Waals surface area contributed by atoms with Crippen LogP contribution in [0.3, 0.4) is 0 Å². The minimum Gasteiger partial charge on any atom is -0.508 e. The molecule has 5 nitrogen and oxygen atoms in total. The molecule has 0 spiro atoms. The van der Waals surface area contributed by atoms with Gasteiger partial charge < -0.3 is 14.9 Å². The van der Waals surface area contributed by atoms with Gasteiger partial charge in [0.05, 0.1) is 11.1 Å². The maximum absolute atomic E-state index is 11.8. The van der Waals surface area contributed by atoms with Crippen LogP contribution >= 0.6 is 0 Å². The summed E-state index contributed by atoms with van der Waals surface area (Å²) < 4.78 is 5.05. The monoisotopic (exact) mass is 258 g/mol. The highest BCUT2D eigenvalue weighted by molar-refractivity contribution is 5.92. The van der Waals surface area contributed by atoms with Gasteiger partial charge in [0.25, 0.3) is 0 Å². The molecule has 0 unspecified atom stereocenters. The van der Waals surface area contributed by atoms with E-state index < -0.39 is 11.9 Å². The second-order valence-electron chi connectivity index (χ2n) is 3.77. The Morgan fingerprint density at radius 2 is 1.63 bits per heavy atom. The van der Waals surface area contributed by atoms with Crippen LogP contribution in [0, 0.1) is 0 Å². The van der Waals surface area contributed by atoms with Crippen LogP contribution in [0.4, 0.5) is 0 Å². The highest BCUT2D eigenvalue weighted by Gasteiger charge is 2.10. The summed E-state index contributed by atoms with van der Waals surface area (Å²) in [6.45, 7) is 0. The van der Waals surface area contributed by atoms with Crippen LogP contribution in [0.2, 0.25) is 0 Å². The first kappa shape index (κ1) is 12.6. The first-order valence-electron chi connectivity index (χ1n) is 5.41. The van der Waals surface area contributed by atoms with E-state index in [0.717, 1.165) is 0 Å². The van der Waals surface area contributed by atoms with Crippen molar-refractivity contribution in [2.75, 3.05) is 0 Å². The van der Waals surface area contributed by atoms with Crippen molar-refractivity contribution in [3.63, 3.8) is 0 Å². The number of esters is 1. The summed E-state index contributed by atoms with van der Waals surface area (Å²) in [5, 5.41) is 17.9. The van der Waals surface area contributed by atoms with E-state index in [-0.39, 0.29) is 22.6 Å². The molecule has 0 aliphatic rings. The number of benzene rings is 2. The second-order valence-corrected chi connectivity index (χ2v) is 3.77. The van der Waals surface area contributed by atoms with E-state index in [2.05, 4.69) is 0 Å². The molecule has 0 saturated carbocycles. The Bertz CT molecular complexity index is 616. The van der Waals surface area contributed by atoms with Crippen LogP contribution in [0.5, 0.6) is 11.5 Å². The van der Waals surface area contributed by atoms with E-state index >= 15 is 0 Å². The predicted octanol–water partition coefficient (Wildman–Crippen LogP) is 2.31. The van der Waals surface area contributed by atoms with Gasteiger partial charge in [-0.25, -0.2) is 9.59 Å². The molecule has 0 aliphatic heterocycles. The lowest BCUT2D eigenvalue weighted by atomic mass is 10.2. The molecule has 2 aromatic rings. The van der Waals surface area contributed by atoms with E-state index in [1.165, 1.54) is 48.5 Å². The molecule has 19 heavy (non-hydrogen) atoms. The maximum Gasteiger partial charge on any atom is 0.343 e. The molecule has 2 rings (SSSR count). The number of aromatic carboxylic acids is 1. The number of ether oxygens (including phenoxy) is 1. The Kier molecular flexibility index (Phi) is 3.47. The van der Waals surface area contributed by atoms with Crippen molar-refractivity contribution >= 4 is 11.9 Å². The van der Waals surface area contributed by atoms with Gasteiger partial charge >= 0.3 is 11.9 Å². The summed E-state index contributed by atoms with van der Waals surface area (Å²) in [6.07, 6.45) is 0. The standard InChI is InChI=1S/C14H10O5/c15-11-6-4-9(5-7-11)14(18)19-12-3-1-2-10(8-12)13(16)17/h1-8,15H,(H,16,17). The van der Waals surface area contributed by atoms with Crippen molar-refractivity contribution in [1.82, 2.24) is 0 Å². The Labute approximate surface area is 108 Å². The van der Waals surface area contributed by atoms with Crippen molar-refractivity contribution in [1.29, 1.82) is 0 Å². The SMILES string of the molecule is O=C(O)c1cccc(OC(=O)c2ccc(O)cc2)c1. The van der Waals surface area contributed by atoms with Gasteiger partial charge in [-0.3, -0.25) is 0 Å². The topological polar surface area (TPSA) is 83.8 Å². The normalized spacial score (nSPS) is 9.89. The molecule has 0 aromatic heterocycles. The smallest absolute Gasteiger partial charge is 0.343 e. The Morgan fingerprint density at radius 1 is 0.947 bits per heavy atom. The largest absolute Gasteiger partial charge is 0.508 e. The van der Waals surface area contributed by atoms with E-state index in [1.54, 1.807) is 0 Å². The lowest BCUT2D eigenvalue weighted by molar-refractivity contribution is 0.0687. The molecule has 0 radical (unpaired) electrons. The molecule has 2 N–H and O–H groups in total. The van der Waals surface area contributed by atoms with Crippen molar-refractivity contribution in [2.24, 2.45) is 0 Å². The number of hydrogen-bond acceptors (Lipinski definition) is 4. The summed E-state index contributed by atoms with van der Waals surface area (Å²) in [4.78, 5) is 22.5. The molecular weight excluding hydrogens is 248 g/mol. The lowest BCUT2D eigenvalue weighted by Gasteiger charge is -2.05. The number of hydrogen-bond donors (Lipinski definition) is 2. The number of phenolic OH excluding ortho intramolecular Hbond substituents is 1. The van der Waals surface area contributed by atoms with Gasteiger partial charge in [-0.2, -0.15) is 0 Å². The molecule has 0 atom stereocenters. The fraction of sp³-hybridized carbons (Fsp3) is 0. The summed E-state index contributed by atoms with van der Waals surface area (Å²) in [6, 6.07) is 11.2. The van der Waals surface area contributed by atoms with E-state index in [9.17, 15) is 9.59 Å². The van der Waals surface area contributed by atoms with Gasteiger partial charge in [-0.05, 0) is 42.5 Å². The Morgan fingerprint density at radius 3 is 2.26 bits per heavy atom. The molecule has 0 amide bonds. The van der Waals surface area contributed by atoms with Crippen molar-refractivity contribution < 1.29 is 24.5 Å². The van der Waals surface area contributed by atoms with Crippen LogP contribution in [-0.4, -0.2) is 22.2 Å². The fourth-order valence-electron chi connectivity index (χ4n) is 1.46. The highest BCUT2D eigenvalue weighted by atomic mass is 16.5. The third-order valence-electron chi connectivity index (χ3n) is 2.39. The van der Waals surface area contributed by atoms with Crippen molar-refractivity contribution in [2.45, 2.75) is 0 Å². The molecule has 0 aliphatic carbocycles. The third kappa shape index (κ3) is 3.10. The predicted molar refractivity (Wildman–Crippen MR) is 66.5 cm³/mol. The number of carbonyl (C=O) groups is 2.